The Bertz CT molecular complexity index is 810. The maximum absolute atomic E-state index is 12.5. The molecular weight excluding hydrogens is 342 g/mol. The predicted molar refractivity (Wildman–Crippen MR) is 94.2 cm³/mol. The summed E-state index contributed by atoms with van der Waals surface area (Å²) in [4.78, 5) is 12.3. The van der Waals surface area contributed by atoms with E-state index in [0.717, 1.165) is 0 Å². The fourth-order valence-electron chi connectivity index (χ4n) is 2.36. The molecule has 7 heteroatoms. The van der Waals surface area contributed by atoms with E-state index in [1.165, 1.54) is 12.1 Å². The first kappa shape index (κ1) is 19.2. The minimum Gasteiger partial charge on any atom is -0.455 e. The number of carbonyl (C=O) groups is 1. The highest BCUT2D eigenvalue weighted by atomic mass is 32.2. The van der Waals surface area contributed by atoms with Crippen molar-refractivity contribution in [2.75, 3.05) is 19.8 Å². The van der Waals surface area contributed by atoms with Crippen molar-refractivity contribution in [3.05, 3.63) is 53.5 Å². The van der Waals surface area contributed by atoms with Crippen LogP contribution in [0.25, 0.3) is 0 Å². The van der Waals surface area contributed by atoms with Crippen molar-refractivity contribution in [2.24, 2.45) is 0 Å². The zero-order chi connectivity index (χ0) is 18.3. The predicted octanol–water partition coefficient (Wildman–Crippen LogP) is 2.72. The molecule has 0 bridgehead atoms. The summed E-state index contributed by atoms with van der Waals surface area (Å²) in [6.07, 6.45) is 0.703. The SMILES string of the molecule is CCOCCCNC(=O)c1ccc(CS(=O)(=O)c2ccccc2C)o1. The van der Waals surface area contributed by atoms with Gasteiger partial charge in [-0.2, -0.15) is 0 Å². The van der Waals surface area contributed by atoms with Crippen LogP contribution in [-0.4, -0.2) is 34.1 Å². The quantitative estimate of drug-likeness (QED) is 0.691. The summed E-state index contributed by atoms with van der Waals surface area (Å²) in [6, 6.07) is 9.79. The van der Waals surface area contributed by atoms with Crippen molar-refractivity contribution < 1.29 is 22.4 Å². The standard InChI is InChI=1S/C18H23NO5S/c1-3-23-12-6-11-19-18(20)16-10-9-15(24-16)13-25(21,22)17-8-5-4-7-14(17)2/h4-5,7-10H,3,6,11-13H2,1-2H3,(H,19,20). The number of hydrogen-bond acceptors (Lipinski definition) is 5. The largest absolute Gasteiger partial charge is 0.455 e. The van der Waals surface area contributed by atoms with E-state index in [2.05, 4.69) is 5.32 Å². The maximum atomic E-state index is 12.5. The van der Waals surface area contributed by atoms with Gasteiger partial charge < -0.3 is 14.5 Å². The number of furan rings is 1. The zero-order valence-electron chi connectivity index (χ0n) is 14.4. The molecule has 1 N–H and O–H groups in total. The van der Waals surface area contributed by atoms with Crippen LogP contribution in [0, 0.1) is 6.92 Å². The van der Waals surface area contributed by atoms with Gasteiger partial charge in [0, 0.05) is 19.8 Å². The molecule has 1 heterocycles. The van der Waals surface area contributed by atoms with E-state index in [1.807, 2.05) is 6.92 Å². The number of carbonyl (C=O) groups excluding carboxylic acids is 1. The van der Waals surface area contributed by atoms with Crippen LogP contribution in [0.2, 0.25) is 0 Å². The number of aryl methyl sites for hydroxylation is 1. The van der Waals surface area contributed by atoms with Gasteiger partial charge in [-0.25, -0.2) is 8.42 Å². The van der Waals surface area contributed by atoms with Gasteiger partial charge in [-0.1, -0.05) is 18.2 Å². The van der Waals surface area contributed by atoms with Gasteiger partial charge in [-0.15, -0.1) is 0 Å². The first-order chi connectivity index (χ1) is 11.9. The highest BCUT2D eigenvalue weighted by Gasteiger charge is 2.20. The molecule has 0 saturated heterocycles. The fourth-order valence-corrected chi connectivity index (χ4v) is 3.89. The number of rotatable bonds is 9. The second-order valence-electron chi connectivity index (χ2n) is 5.60. The molecule has 0 aliphatic carbocycles. The number of benzene rings is 1. The Hall–Kier alpha value is -2.12. The second kappa shape index (κ2) is 8.82. The van der Waals surface area contributed by atoms with Gasteiger partial charge in [0.1, 0.15) is 11.5 Å². The molecule has 0 spiro atoms. The van der Waals surface area contributed by atoms with E-state index in [1.54, 1.807) is 31.2 Å². The third kappa shape index (κ3) is 5.44. The Morgan fingerprint density at radius 3 is 2.68 bits per heavy atom. The molecule has 2 rings (SSSR count). The van der Waals surface area contributed by atoms with E-state index >= 15 is 0 Å². The van der Waals surface area contributed by atoms with Gasteiger partial charge in [-0.05, 0) is 44.0 Å². The lowest BCUT2D eigenvalue weighted by molar-refractivity contribution is 0.0915. The summed E-state index contributed by atoms with van der Waals surface area (Å²) in [5.74, 6) is -0.305. The molecule has 2 aromatic rings. The Morgan fingerprint density at radius 1 is 1.20 bits per heavy atom. The van der Waals surface area contributed by atoms with Gasteiger partial charge in [0.25, 0.3) is 5.91 Å². The van der Waals surface area contributed by atoms with Crippen LogP contribution in [-0.2, 0) is 20.3 Å². The monoisotopic (exact) mass is 365 g/mol. The van der Waals surface area contributed by atoms with Gasteiger partial charge in [0.2, 0.25) is 0 Å². The normalized spacial score (nSPS) is 11.4. The molecule has 6 nitrogen and oxygen atoms in total. The van der Waals surface area contributed by atoms with Gasteiger partial charge in [-0.3, -0.25) is 4.79 Å². The minimum absolute atomic E-state index is 0.103. The van der Waals surface area contributed by atoms with Crippen molar-refractivity contribution in [1.82, 2.24) is 5.32 Å². The Morgan fingerprint density at radius 2 is 1.96 bits per heavy atom. The lowest BCUT2D eigenvalue weighted by Crippen LogP contribution is -2.24. The van der Waals surface area contributed by atoms with Crippen molar-refractivity contribution >= 4 is 15.7 Å². The van der Waals surface area contributed by atoms with Gasteiger partial charge in [0.05, 0.1) is 4.90 Å². The van der Waals surface area contributed by atoms with Crippen LogP contribution < -0.4 is 5.32 Å². The first-order valence-electron chi connectivity index (χ1n) is 8.17. The van der Waals surface area contributed by atoms with Crippen LogP contribution in [0.5, 0.6) is 0 Å². The zero-order valence-corrected chi connectivity index (χ0v) is 15.3. The Balaban J connectivity index is 1.97. The number of sulfone groups is 1. The molecule has 0 saturated carbocycles. The molecule has 1 amide bonds. The van der Waals surface area contributed by atoms with Crippen LogP contribution in [0.1, 0.15) is 35.2 Å². The highest BCUT2D eigenvalue weighted by molar-refractivity contribution is 7.90. The third-order valence-electron chi connectivity index (χ3n) is 3.60. The summed E-state index contributed by atoms with van der Waals surface area (Å²) in [7, 11) is -3.53. The van der Waals surface area contributed by atoms with E-state index in [4.69, 9.17) is 9.15 Å². The molecule has 0 atom stereocenters. The number of amides is 1. The number of nitrogens with one attached hydrogen (secondary N) is 1. The topological polar surface area (TPSA) is 85.6 Å². The molecule has 1 aromatic carbocycles. The minimum atomic E-state index is -3.53. The molecule has 0 aliphatic heterocycles. The van der Waals surface area contributed by atoms with Crippen molar-refractivity contribution in [3.8, 4) is 0 Å². The van der Waals surface area contributed by atoms with Crippen LogP contribution in [0.4, 0.5) is 0 Å². The summed E-state index contributed by atoms with van der Waals surface area (Å²) in [5, 5.41) is 2.71. The average molecular weight is 365 g/mol. The van der Waals surface area contributed by atoms with E-state index in [9.17, 15) is 13.2 Å². The Kier molecular flexibility index (Phi) is 6.78. The van der Waals surface area contributed by atoms with E-state index in [-0.39, 0.29) is 28.1 Å². The second-order valence-corrected chi connectivity index (χ2v) is 7.55. The summed E-state index contributed by atoms with van der Waals surface area (Å²) < 4.78 is 35.6. The Labute approximate surface area is 148 Å². The first-order valence-corrected chi connectivity index (χ1v) is 9.82. The van der Waals surface area contributed by atoms with Crippen molar-refractivity contribution in [1.29, 1.82) is 0 Å². The van der Waals surface area contributed by atoms with E-state index in [0.29, 0.717) is 31.7 Å². The summed E-state index contributed by atoms with van der Waals surface area (Å²) >= 11 is 0. The number of ether oxygens (including phenoxy) is 1. The summed E-state index contributed by atoms with van der Waals surface area (Å²) in [5.41, 5.74) is 0.682. The molecule has 0 radical (unpaired) electrons. The average Bonchev–Trinajstić information content (AvgIpc) is 3.02. The molecule has 25 heavy (non-hydrogen) atoms. The lowest BCUT2D eigenvalue weighted by atomic mass is 10.2. The van der Waals surface area contributed by atoms with E-state index < -0.39 is 9.84 Å². The highest BCUT2D eigenvalue weighted by Crippen LogP contribution is 2.21. The molecular formula is C18H23NO5S. The molecule has 1 aromatic heterocycles. The molecule has 0 unspecified atom stereocenters. The van der Waals surface area contributed by atoms with Gasteiger partial charge in [0.15, 0.2) is 15.6 Å². The van der Waals surface area contributed by atoms with Crippen molar-refractivity contribution in [2.45, 2.75) is 30.9 Å². The van der Waals surface area contributed by atoms with Gasteiger partial charge >= 0.3 is 0 Å². The smallest absolute Gasteiger partial charge is 0.286 e. The van der Waals surface area contributed by atoms with Crippen LogP contribution in [0.3, 0.4) is 0 Å². The molecule has 136 valence electrons. The lowest BCUT2D eigenvalue weighted by Gasteiger charge is -2.06. The maximum Gasteiger partial charge on any atom is 0.286 e. The van der Waals surface area contributed by atoms with Crippen LogP contribution in [0.15, 0.2) is 45.7 Å². The van der Waals surface area contributed by atoms with Crippen molar-refractivity contribution in [3.63, 3.8) is 0 Å². The molecule has 0 fully saturated rings. The number of hydrogen-bond donors (Lipinski definition) is 1. The van der Waals surface area contributed by atoms with Crippen LogP contribution >= 0.6 is 0 Å². The fraction of sp³-hybridized carbons (Fsp3) is 0.389. The summed E-state index contributed by atoms with van der Waals surface area (Å²) in [6.45, 7) is 5.35. The third-order valence-corrected chi connectivity index (χ3v) is 5.39. The molecule has 0 aliphatic rings.